The lowest BCUT2D eigenvalue weighted by atomic mass is 10.3. The second-order valence-corrected chi connectivity index (χ2v) is 2.39. The van der Waals surface area contributed by atoms with Gasteiger partial charge in [0, 0.05) is 6.20 Å². The molecule has 0 saturated heterocycles. The molecule has 0 bridgehead atoms. The van der Waals surface area contributed by atoms with Crippen LogP contribution < -0.4 is 5.56 Å². The van der Waals surface area contributed by atoms with Gasteiger partial charge in [-0.25, -0.2) is 4.79 Å². The molecular weight excluding hydrogens is 166 g/mol. The first-order valence-electron chi connectivity index (χ1n) is 2.76. The topological polar surface area (TPSA) is 70.2 Å². The summed E-state index contributed by atoms with van der Waals surface area (Å²) in [6, 6.07) is 1.20. The lowest BCUT2D eigenvalue weighted by molar-refractivity contribution is 0.0696. The van der Waals surface area contributed by atoms with Gasteiger partial charge in [0.2, 0.25) is 0 Å². The molecule has 1 aromatic rings. The molecule has 4 nitrogen and oxygen atoms in total. The first-order valence-corrected chi connectivity index (χ1v) is 3.21. The quantitative estimate of drug-likeness (QED) is 0.534. The zero-order valence-corrected chi connectivity index (χ0v) is 6.26. The summed E-state index contributed by atoms with van der Waals surface area (Å²) < 4.78 is 0. The molecule has 58 valence electrons. The van der Waals surface area contributed by atoms with Gasteiger partial charge in [0.15, 0.2) is 0 Å². The number of carboxylic acids is 1. The highest BCUT2D eigenvalue weighted by molar-refractivity contribution is 7.80. The number of H-pyrrole nitrogens is 1. The van der Waals surface area contributed by atoms with Crippen molar-refractivity contribution in [1.82, 2.24) is 4.98 Å². The Morgan fingerprint density at radius 2 is 2.27 bits per heavy atom. The third-order valence-electron chi connectivity index (χ3n) is 1.13. The standard InChI is InChI=1S/C6H5NO3S/c8-5-4(11)1-3(2-7-5)6(9)10/h1-2,11H,(H,7,8)(H,9,10). The summed E-state index contributed by atoms with van der Waals surface area (Å²) >= 11 is 3.76. The maximum Gasteiger partial charge on any atom is 0.337 e. The third kappa shape index (κ3) is 1.62. The van der Waals surface area contributed by atoms with Gasteiger partial charge in [-0.3, -0.25) is 4.79 Å². The Morgan fingerprint density at radius 1 is 1.64 bits per heavy atom. The van der Waals surface area contributed by atoms with Crippen LogP contribution in [0.5, 0.6) is 0 Å². The van der Waals surface area contributed by atoms with E-state index in [1.54, 1.807) is 0 Å². The largest absolute Gasteiger partial charge is 0.478 e. The maximum atomic E-state index is 10.7. The molecule has 5 heteroatoms. The van der Waals surface area contributed by atoms with E-state index >= 15 is 0 Å². The molecule has 0 aliphatic rings. The van der Waals surface area contributed by atoms with Crippen LogP contribution in [0.3, 0.4) is 0 Å². The van der Waals surface area contributed by atoms with Crippen molar-refractivity contribution in [3.05, 3.63) is 28.2 Å². The maximum absolute atomic E-state index is 10.7. The Bertz CT molecular complexity index is 344. The predicted molar refractivity (Wildman–Crippen MR) is 41.3 cm³/mol. The second-order valence-electron chi connectivity index (χ2n) is 1.91. The number of hydrogen-bond acceptors (Lipinski definition) is 3. The second kappa shape index (κ2) is 2.79. The molecule has 0 amide bonds. The minimum Gasteiger partial charge on any atom is -0.478 e. The van der Waals surface area contributed by atoms with E-state index in [2.05, 4.69) is 17.6 Å². The average Bonchev–Trinajstić information content (AvgIpc) is 1.94. The van der Waals surface area contributed by atoms with Crippen LogP contribution in [0.2, 0.25) is 0 Å². The number of thiol groups is 1. The number of nitrogens with one attached hydrogen (secondary N) is 1. The summed E-state index contributed by atoms with van der Waals surface area (Å²) in [4.78, 5) is 23.3. The van der Waals surface area contributed by atoms with Crippen molar-refractivity contribution in [2.45, 2.75) is 4.90 Å². The van der Waals surface area contributed by atoms with Crippen LogP contribution in [-0.2, 0) is 0 Å². The van der Waals surface area contributed by atoms with E-state index in [9.17, 15) is 9.59 Å². The molecule has 1 rings (SSSR count). The van der Waals surface area contributed by atoms with Gasteiger partial charge >= 0.3 is 5.97 Å². The van der Waals surface area contributed by atoms with Gasteiger partial charge in [-0.15, -0.1) is 12.6 Å². The van der Waals surface area contributed by atoms with Gasteiger partial charge in [0.25, 0.3) is 5.56 Å². The van der Waals surface area contributed by atoms with Gasteiger partial charge in [-0.2, -0.15) is 0 Å². The molecule has 1 heterocycles. The van der Waals surface area contributed by atoms with Crippen LogP contribution in [0.4, 0.5) is 0 Å². The summed E-state index contributed by atoms with van der Waals surface area (Å²) in [6.07, 6.45) is 1.13. The monoisotopic (exact) mass is 171 g/mol. The summed E-state index contributed by atoms with van der Waals surface area (Å²) in [5.74, 6) is -1.09. The van der Waals surface area contributed by atoms with E-state index in [1.807, 2.05) is 0 Å². The van der Waals surface area contributed by atoms with Gasteiger partial charge in [-0.05, 0) is 6.07 Å². The molecule has 0 aliphatic heterocycles. The van der Waals surface area contributed by atoms with Crippen LogP contribution in [0.25, 0.3) is 0 Å². The fourth-order valence-corrected chi connectivity index (χ4v) is 0.799. The Balaban J connectivity index is 3.26. The normalized spacial score (nSPS) is 9.55. The van der Waals surface area contributed by atoms with E-state index in [0.717, 1.165) is 6.20 Å². The number of aromatic amines is 1. The van der Waals surface area contributed by atoms with Crippen LogP contribution >= 0.6 is 12.6 Å². The highest BCUT2D eigenvalue weighted by atomic mass is 32.1. The molecule has 0 fully saturated rings. The molecule has 0 atom stereocenters. The van der Waals surface area contributed by atoms with E-state index < -0.39 is 11.5 Å². The third-order valence-corrected chi connectivity index (χ3v) is 1.46. The van der Waals surface area contributed by atoms with Gasteiger partial charge in [0.1, 0.15) is 0 Å². The molecule has 0 aromatic carbocycles. The molecule has 2 N–H and O–H groups in total. The number of pyridine rings is 1. The minimum atomic E-state index is -1.09. The first kappa shape index (κ1) is 7.87. The van der Waals surface area contributed by atoms with E-state index in [4.69, 9.17) is 5.11 Å². The predicted octanol–water partition coefficient (Wildman–Crippen LogP) is 0.362. The Kier molecular flexibility index (Phi) is 2.00. The van der Waals surface area contributed by atoms with Crippen molar-refractivity contribution < 1.29 is 9.90 Å². The summed E-state index contributed by atoms with van der Waals surface area (Å²) in [5.41, 5.74) is -0.368. The zero-order valence-electron chi connectivity index (χ0n) is 5.37. The van der Waals surface area contributed by atoms with Gasteiger partial charge in [-0.1, -0.05) is 0 Å². The smallest absolute Gasteiger partial charge is 0.337 e. The Hall–Kier alpha value is -1.23. The molecule has 0 aliphatic carbocycles. The van der Waals surface area contributed by atoms with Crippen molar-refractivity contribution in [1.29, 1.82) is 0 Å². The molecule has 0 saturated carbocycles. The van der Waals surface area contributed by atoms with Crippen LogP contribution in [0, 0.1) is 0 Å². The van der Waals surface area contributed by atoms with E-state index in [-0.39, 0.29) is 10.5 Å². The van der Waals surface area contributed by atoms with Crippen molar-refractivity contribution >= 4 is 18.6 Å². The van der Waals surface area contributed by atoms with Crippen molar-refractivity contribution in [2.75, 3.05) is 0 Å². The zero-order chi connectivity index (χ0) is 8.43. The molecule has 0 unspecified atom stereocenters. The fourth-order valence-electron chi connectivity index (χ4n) is 0.595. The molecule has 0 spiro atoms. The van der Waals surface area contributed by atoms with E-state index in [1.165, 1.54) is 6.07 Å². The number of rotatable bonds is 1. The summed E-state index contributed by atoms with van der Waals surface area (Å²) in [5, 5.41) is 8.44. The van der Waals surface area contributed by atoms with Crippen molar-refractivity contribution in [3.8, 4) is 0 Å². The summed E-state index contributed by atoms with van der Waals surface area (Å²) in [6.45, 7) is 0. The van der Waals surface area contributed by atoms with Gasteiger partial charge < -0.3 is 10.1 Å². The van der Waals surface area contributed by atoms with E-state index in [0.29, 0.717) is 0 Å². The number of hydrogen-bond donors (Lipinski definition) is 3. The minimum absolute atomic E-state index is 0.0228. The Morgan fingerprint density at radius 3 is 2.73 bits per heavy atom. The number of carboxylic acid groups (broad SMARTS) is 1. The molecule has 1 aromatic heterocycles. The van der Waals surface area contributed by atoms with Crippen molar-refractivity contribution in [2.24, 2.45) is 0 Å². The lowest BCUT2D eigenvalue weighted by Gasteiger charge is -1.93. The van der Waals surface area contributed by atoms with Crippen molar-refractivity contribution in [3.63, 3.8) is 0 Å². The van der Waals surface area contributed by atoms with Crippen LogP contribution in [0.1, 0.15) is 10.4 Å². The van der Waals surface area contributed by atoms with Crippen LogP contribution in [0.15, 0.2) is 22.0 Å². The lowest BCUT2D eigenvalue weighted by Crippen LogP contribution is -2.09. The van der Waals surface area contributed by atoms with Gasteiger partial charge in [0.05, 0.1) is 10.5 Å². The van der Waals surface area contributed by atoms with Crippen LogP contribution in [-0.4, -0.2) is 16.1 Å². The Labute approximate surface area is 67.3 Å². The summed E-state index contributed by atoms with van der Waals surface area (Å²) in [7, 11) is 0. The SMILES string of the molecule is O=C(O)c1c[nH]c(=O)c(S)c1. The number of aromatic nitrogens is 1. The molecule has 0 radical (unpaired) electrons. The highest BCUT2D eigenvalue weighted by Crippen LogP contribution is 2.01. The highest BCUT2D eigenvalue weighted by Gasteiger charge is 2.03. The average molecular weight is 171 g/mol. The number of carbonyl (C=O) groups is 1. The molecular formula is C6H5NO3S. The number of aromatic carboxylic acids is 1. The first-order chi connectivity index (χ1) is 5.11. The fraction of sp³-hybridized carbons (Fsp3) is 0. The molecule has 11 heavy (non-hydrogen) atoms.